The SMILES string of the molecule is Fc1cnc(NCc2ccccc2Cl)nc1. The molecule has 3 nitrogen and oxygen atoms in total. The number of aromatic nitrogens is 2. The first-order valence-electron chi connectivity index (χ1n) is 4.70. The van der Waals surface area contributed by atoms with Gasteiger partial charge in [0.2, 0.25) is 5.95 Å². The number of hydrogen-bond donors (Lipinski definition) is 1. The van der Waals surface area contributed by atoms with Crippen LogP contribution in [0.1, 0.15) is 5.56 Å². The molecule has 0 aliphatic carbocycles. The van der Waals surface area contributed by atoms with Gasteiger partial charge in [0.15, 0.2) is 5.82 Å². The Labute approximate surface area is 97.3 Å². The topological polar surface area (TPSA) is 37.8 Å². The monoisotopic (exact) mass is 237 g/mol. The summed E-state index contributed by atoms with van der Waals surface area (Å²) >= 11 is 5.97. The highest BCUT2D eigenvalue weighted by atomic mass is 35.5. The maximum atomic E-state index is 12.5. The van der Waals surface area contributed by atoms with Gasteiger partial charge in [0, 0.05) is 11.6 Å². The van der Waals surface area contributed by atoms with Crippen molar-refractivity contribution in [1.29, 1.82) is 0 Å². The summed E-state index contributed by atoms with van der Waals surface area (Å²) in [5.41, 5.74) is 0.942. The molecule has 0 atom stereocenters. The standard InChI is InChI=1S/C11H9ClFN3/c12-10-4-2-1-3-8(10)5-14-11-15-6-9(13)7-16-11/h1-4,6-7H,5H2,(H,14,15,16). The van der Waals surface area contributed by atoms with Crippen LogP contribution >= 0.6 is 11.6 Å². The highest BCUT2D eigenvalue weighted by Crippen LogP contribution is 2.15. The average molecular weight is 238 g/mol. The summed E-state index contributed by atoms with van der Waals surface area (Å²) in [5.74, 6) is -0.0791. The molecule has 1 N–H and O–H groups in total. The van der Waals surface area contributed by atoms with Gasteiger partial charge in [-0.15, -0.1) is 0 Å². The molecule has 82 valence electrons. The van der Waals surface area contributed by atoms with Crippen LogP contribution in [0.25, 0.3) is 0 Å². The summed E-state index contributed by atoms with van der Waals surface area (Å²) in [4.78, 5) is 7.57. The van der Waals surface area contributed by atoms with E-state index in [9.17, 15) is 4.39 Å². The first-order valence-corrected chi connectivity index (χ1v) is 5.08. The van der Waals surface area contributed by atoms with Gasteiger partial charge < -0.3 is 5.32 Å². The van der Waals surface area contributed by atoms with Crippen molar-refractivity contribution in [1.82, 2.24) is 9.97 Å². The third-order valence-corrected chi connectivity index (χ3v) is 2.38. The molecule has 0 spiro atoms. The Bertz CT molecular complexity index is 473. The molecule has 0 saturated heterocycles. The molecule has 2 aromatic rings. The molecule has 0 bridgehead atoms. The van der Waals surface area contributed by atoms with Gasteiger partial charge in [-0.3, -0.25) is 0 Å². The number of benzene rings is 1. The van der Waals surface area contributed by atoms with E-state index in [1.807, 2.05) is 24.3 Å². The Kier molecular flexibility index (Phi) is 3.31. The van der Waals surface area contributed by atoms with Crippen molar-refractivity contribution in [3.63, 3.8) is 0 Å². The van der Waals surface area contributed by atoms with Crippen LogP contribution in [-0.2, 0) is 6.54 Å². The van der Waals surface area contributed by atoms with Gasteiger partial charge >= 0.3 is 0 Å². The van der Waals surface area contributed by atoms with Gasteiger partial charge in [-0.05, 0) is 11.6 Å². The lowest BCUT2D eigenvalue weighted by atomic mass is 10.2. The van der Waals surface area contributed by atoms with Crippen LogP contribution in [0.5, 0.6) is 0 Å². The van der Waals surface area contributed by atoms with E-state index in [2.05, 4.69) is 15.3 Å². The lowest BCUT2D eigenvalue weighted by Gasteiger charge is -2.05. The van der Waals surface area contributed by atoms with Crippen molar-refractivity contribution in [2.75, 3.05) is 5.32 Å². The summed E-state index contributed by atoms with van der Waals surface area (Å²) in [5, 5.41) is 3.63. The first kappa shape index (κ1) is 10.8. The smallest absolute Gasteiger partial charge is 0.223 e. The van der Waals surface area contributed by atoms with E-state index < -0.39 is 5.82 Å². The van der Waals surface area contributed by atoms with Crippen molar-refractivity contribution in [2.45, 2.75) is 6.54 Å². The average Bonchev–Trinajstić information content (AvgIpc) is 2.30. The Balaban J connectivity index is 2.02. The fraction of sp³-hybridized carbons (Fsp3) is 0.0909. The molecule has 1 aromatic carbocycles. The zero-order valence-electron chi connectivity index (χ0n) is 8.32. The molecule has 1 aromatic heterocycles. The Morgan fingerprint density at radius 3 is 2.56 bits per heavy atom. The zero-order valence-corrected chi connectivity index (χ0v) is 9.08. The Morgan fingerprint density at radius 2 is 1.88 bits per heavy atom. The molecule has 0 unspecified atom stereocenters. The minimum absolute atomic E-state index is 0.376. The third-order valence-electron chi connectivity index (χ3n) is 2.02. The zero-order chi connectivity index (χ0) is 11.4. The Hall–Kier alpha value is -1.68. The highest BCUT2D eigenvalue weighted by molar-refractivity contribution is 6.31. The molecule has 0 radical (unpaired) electrons. The van der Waals surface area contributed by atoms with Crippen LogP contribution in [0.15, 0.2) is 36.7 Å². The first-order chi connectivity index (χ1) is 7.75. The number of hydrogen-bond acceptors (Lipinski definition) is 3. The molecule has 0 saturated carbocycles. The molecule has 5 heteroatoms. The van der Waals surface area contributed by atoms with E-state index >= 15 is 0 Å². The third kappa shape index (κ3) is 2.67. The van der Waals surface area contributed by atoms with Gasteiger partial charge in [0.05, 0.1) is 12.4 Å². The van der Waals surface area contributed by atoms with Crippen LogP contribution in [-0.4, -0.2) is 9.97 Å². The lowest BCUT2D eigenvalue weighted by molar-refractivity contribution is 0.614. The second-order valence-electron chi connectivity index (χ2n) is 3.17. The van der Waals surface area contributed by atoms with Crippen molar-refractivity contribution in [3.05, 3.63) is 53.1 Å². The van der Waals surface area contributed by atoms with Gasteiger partial charge in [-0.25, -0.2) is 14.4 Å². The minimum atomic E-state index is -0.455. The van der Waals surface area contributed by atoms with Crippen molar-refractivity contribution < 1.29 is 4.39 Å². The number of nitrogens with zero attached hydrogens (tertiary/aromatic N) is 2. The molecule has 0 fully saturated rings. The van der Waals surface area contributed by atoms with Gasteiger partial charge in [0.1, 0.15) is 0 Å². The quantitative estimate of drug-likeness (QED) is 0.892. The summed E-state index contributed by atoms with van der Waals surface area (Å²) < 4.78 is 12.5. The molecule has 0 aliphatic rings. The summed E-state index contributed by atoms with van der Waals surface area (Å²) in [6.07, 6.45) is 2.23. The van der Waals surface area contributed by atoms with E-state index in [4.69, 9.17) is 11.6 Å². The largest absolute Gasteiger partial charge is 0.350 e. The molecule has 2 rings (SSSR count). The van der Waals surface area contributed by atoms with Gasteiger partial charge in [0.25, 0.3) is 0 Å². The van der Waals surface area contributed by atoms with Crippen LogP contribution < -0.4 is 5.32 Å². The van der Waals surface area contributed by atoms with Crippen molar-refractivity contribution >= 4 is 17.5 Å². The van der Waals surface area contributed by atoms with Gasteiger partial charge in [-0.2, -0.15) is 0 Å². The summed E-state index contributed by atoms with van der Waals surface area (Å²) in [6, 6.07) is 7.47. The van der Waals surface area contributed by atoms with E-state index in [-0.39, 0.29) is 0 Å². The number of halogens is 2. The van der Waals surface area contributed by atoms with Gasteiger partial charge in [-0.1, -0.05) is 29.8 Å². The van der Waals surface area contributed by atoms with E-state index in [1.54, 1.807) is 0 Å². The Morgan fingerprint density at radius 1 is 1.19 bits per heavy atom. The number of rotatable bonds is 3. The number of nitrogens with one attached hydrogen (secondary N) is 1. The van der Waals surface area contributed by atoms with Crippen LogP contribution in [0.3, 0.4) is 0 Å². The summed E-state index contributed by atoms with van der Waals surface area (Å²) in [7, 11) is 0. The number of anilines is 1. The highest BCUT2D eigenvalue weighted by Gasteiger charge is 2.00. The molecule has 0 amide bonds. The normalized spacial score (nSPS) is 10.1. The molecular weight excluding hydrogens is 229 g/mol. The van der Waals surface area contributed by atoms with E-state index in [1.165, 1.54) is 0 Å². The van der Waals surface area contributed by atoms with E-state index in [0.717, 1.165) is 18.0 Å². The summed E-state index contributed by atoms with van der Waals surface area (Å²) in [6.45, 7) is 0.505. The molecule has 0 aliphatic heterocycles. The van der Waals surface area contributed by atoms with Crippen molar-refractivity contribution in [2.24, 2.45) is 0 Å². The van der Waals surface area contributed by atoms with E-state index in [0.29, 0.717) is 17.5 Å². The molecule has 1 heterocycles. The van der Waals surface area contributed by atoms with Crippen LogP contribution in [0, 0.1) is 5.82 Å². The lowest BCUT2D eigenvalue weighted by Crippen LogP contribution is -2.03. The maximum Gasteiger partial charge on any atom is 0.223 e. The minimum Gasteiger partial charge on any atom is -0.350 e. The second-order valence-corrected chi connectivity index (χ2v) is 3.58. The van der Waals surface area contributed by atoms with Crippen LogP contribution in [0.2, 0.25) is 5.02 Å². The molecular formula is C11H9ClFN3. The second kappa shape index (κ2) is 4.90. The maximum absolute atomic E-state index is 12.5. The predicted octanol–water partition coefficient (Wildman–Crippen LogP) is 2.88. The predicted molar refractivity (Wildman–Crippen MR) is 60.8 cm³/mol. The molecule has 16 heavy (non-hydrogen) atoms. The van der Waals surface area contributed by atoms with Crippen LogP contribution in [0.4, 0.5) is 10.3 Å². The fourth-order valence-electron chi connectivity index (χ4n) is 1.22. The fourth-order valence-corrected chi connectivity index (χ4v) is 1.42. The van der Waals surface area contributed by atoms with Crippen molar-refractivity contribution in [3.8, 4) is 0 Å².